The average Bonchev–Trinajstić information content (AvgIpc) is 2.19. The van der Waals surface area contributed by atoms with Gasteiger partial charge in [-0.05, 0) is 30.1 Å². The first-order valence-electron chi connectivity index (χ1n) is 5.93. The lowest BCUT2D eigenvalue weighted by atomic mass is 9.90. The number of unbranched alkanes of at least 4 members (excludes halogenated alkanes) is 1. The molecule has 0 rings (SSSR count). The molecule has 0 bridgehead atoms. The van der Waals surface area contributed by atoms with E-state index in [0.717, 1.165) is 19.3 Å². The molecule has 0 aliphatic heterocycles. The number of rotatable bonds is 5. The van der Waals surface area contributed by atoms with E-state index in [0.29, 0.717) is 12.8 Å². The van der Waals surface area contributed by atoms with Gasteiger partial charge < -0.3 is 0 Å². The summed E-state index contributed by atoms with van der Waals surface area (Å²) in [5, 5.41) is 0. The van der Waals surface area contributed by atoms with Gasteiger partial charge in [-0.15, -0.1) is 0 Å². The van der Waals surface area contributed by atoms with Crippen LogP contribution < -0.4 is 0 Å². The van der Waals surface area contributed by atoms with Crippen molar-refractivity contribution in [2.24, 2.45) is 5.41 Å². The van der Waals surface area contributed by atoms with Gasteiger partial charge in [0.15, 0.2) is 0 Å². The van der Waals surface area contributed by atoms with Gasteiger partial charge in [-0.3, -0.25) is 9.59 Å². The maximum Gasteiger partial charge on any atom is 0.205 e. The number of ketones is 2. The molecule has 0 radical (unpaired) electrons. The SMILES string of the molecule is CCCCC(=O)C#CC(=O)CCC(C)(C)C. The van der Waals surface area contributed by atoms with Crippen LogP contribution in [-0.2, 0) is 9.59 Å². The Bertz CT molecular complexity index is 297. The van der Waals surface area contributed by atoms with Gasteiger partial charge in [0.05, 0.1) is 0 Å². The Morgan fingerprint density at radius 3 is 1.94 bits per heavy atom. The molecular weight excluding hydrogens is 200 g/mol. The Kier molecular flexibility index (Phi) is 6.72. The standard InChI is InChI=1S/C14H22O2/c1-5-6-7-12(15)8-9-13(16)10-11-14(2,3)4/h5-7,10-11H2,1-4H3. The van der Waals surface area contributed by atoms with Crippen molar-refractivity contribution < 1.29 is 9.59 Å². The summed E-state index contributed by atoms with van der Waals surface area (Å²) in [6.07, 6.45) is 3.55. The fourth-order valence-corrected chi connectivity index (χ4v) is 1.09. The lowest BCUT2D eigenvalue weighted by Crippen LogP contribution is -2.08. The second kappa shape index (κ2) is 7.22. The van der Waals surface area contributed by atoms with Crippen LogP contribution in [0.15, 0.2) is 0 Å². The molecule has 0 saturated heterocycles. The number of hydrogen-bond donors (Lipinski definition) is 0. The van der Waals surface area contributed by atoms with Crippen molar-refractivity contribution >= 4 is 11.6 Å². The smallest absolute Gasteiger partial charge is 0.205 e. The zero-order chi connectivity index (χ0) is 12.6. The minimum Gasteiger partial charge on any atom is -0.285 e. The van der Waals surface area contributed by atoms with Crippen molar-refractivity contribution in [3.63, 3.8) is 0 Å². The summed E-state index contributed by atoms with van der Waals surface area (Å²) in [6, 6.07) is 0. The summed E-state index contributed by atoms with van der Waals surface area (Å²) in [6.45, 7) is 8.27. The van der Waals surface area contributed by atoms with E-state index in [-0.39, 0.29) is 17.0 Å². The van der Waals surface area contributed by atoms with Gasteiger partial charge in [-0.1, -0.05) is 34.1 Å². The molecule has 2 heteroatoms. The first-order chi connectivity index (χ1) is 7.35. The molecule has 0 N–H and O–H groups in total. The molecule has 2 nitrogen and oxygen atoms in total. The Labute approximate surface area is 98.8 Å². The highest BCUT2D eigenvalue weighted by Gasteiger charge is 2.11. The second-order valence-corrected chi connectivity index (χ2v) is 5.26. The zero-order valence-electron chi connectivity index (χ0n) is 10.9. The third-order valence-corrected chi connectivity index (χ3v) is 2.20. The van der Waals surface area contributed by atoms with E-state index < -0.39 is 0 Å². The topological polar surface area (TPSA) is 34.1 Å². The molecule has 0 aromatic rings. The van der Waals surface area contributed by atoms with Gasteiger partial charge in [-0.2, -0.15) is 0 Å². The molecule has 0 aliphatic carbocycles. The molecule has 90 valence electrons. The van der Waals surface area contributed by atoms with Gasteiger partial charge in [0.2, 0.25) is 11.6 Å². The third-order valence-electron chi connectivity index (χ3n) is 2.20. The quantitative estimate of drug-likeness (QED) is 0.529. The van der Waals surface area contributed by atoms with E-state index in [2.05, 4.69) is 32.6 Å². The van der Waals surface area contributed by atoms with E-state index in [1.165, 1.54) is 0 Å². The van der Waals surface area contributed by atoms with Crippen LogP contribution in [0.2, 0.25) is 0 Å². The molecule has 0 amide bonds. The normalized spacial score (nSPS) is 10.5. The molecule has 0 saturated carbocycles. The summed E-state index contributed by atoms with van der Waals surface area (Å²) in [5.41, 5.74) is 0.142. The fraction of sp³-hybridized carbons (Fsp3) is 0.714. The molecule has 0 aromatic heterocycles. The van der Waals surface area contributed by atoms with Crippen molar-refractivity contribution in [1.82, 2.24) is 0 Å². The minimum absolute atomic E-state index is 0.119. The zero-order valence-corrected chi connectivity index (χ0v) is 10.9. The monoisotopic (exact) mass is 222 g/mol. The van der Waals surface area contributed by atoms with E-state index in [4.69, 9.17) is 0 Å². The van der Waals surface area contributed by atoms with Crippen LogP contribution in [0.1, 0.15) is 59.8 Å². The van der Waals surface area contributed by atoms with Gasteiger partial charge in [0.1, 0.15) is 0 Å². The summed E-state index contributed by atoms with van der Waals surface area (Å²) in [4.78, 5) is 22.5. The van der Waals surface area contributed by atoms with Gasteiger partial charge in [0.25, 0.3) is 0 Å². The highest BCUT2D eigenvalue weighted by Crippen LogP contribution is 2.20. The molecule has 0 aliphatic rings. The van der Waals surface area contributed by atoms with Crippen LogP contribution in [0.3, 0.4) is 0 Å². The Morgan fingerprint density at radius 2 is 1.50 bits per heavy atom. The highest BCUT2D eigenvalue weighted by atomic mass is 16.1. The minimum atomic E-state index is -0.125. The second-order valence-electron chi connectivity index (χ2n) is 5.26. The van der Waals surface area contributed by atoms with Crippen molar-refractivity contribution in [3.8, 4) is 11.8 Å². The molecule has 0 fully saturated rings. The van der Waals surface area contributed by atoms with Gasteiger partial charge in [-0.25, -0.2) is 0 Å². The Hall–Kier alpha value is -1.10. The number of hydrogen-bond acceptors (Lipinski definition) is 2. The Balaban J connectivity index is 3.96. The molecule has 0 unspecified atom stereocenters. The number of carbonyl (C=O) groups is 2. The van der Waals surface area contributed by atoms with E-state index in [9.17, 15) is 9.59 Å². The predicted octanol–water partition coefficient (Wildman–Crippen LogP) is 3.14. The van der Waals surface area contributed by atoms with Crippen LogP contribution in [0.25, 0.3) is 0 Å². The van der Waals surface area contributed by atoms with Crippen molar-refractivity contribution in [3.05, 3.63) is 0 Å². The summed E-state index contributed by atoms with van der Waals surface area (Å²) < 4.78 is 0. The Morgan fingerprint density at radius 1 is 1.00 bits per heavy atom. The van der Waals surface area contributed by atoms with Crippen molar-refractivity contribution in [1.29, 1.82) is 0 Å². The average molecular weight is 222 g/mol. The summed E-state index contributed by atoms with van der Waals surface area (Å²) in [5.74, 6) is 4.60. The lowest BCUT2D eigenvalue weighted by molar-refractivity contribution is -0.115. The lowest BCUT2D eigenvalue weighted by Gasteiger charge is -2.15. The molecule has 0 heterocycles. The first-order valence-corrected chi connectivity index (χ1v) is 5.93. The maximum absolute atomic E-state index is 11.3. The van der Waals surface area contributed by atoms with Crippen molar-refractivity contribution in [2.45, 2.75) is 59.8 Å². The fourth-order valence-electron chi connectivity index (χ4n) is 1.09. The summed E-state index contributed by atoms with van der Waals surface area (Å²) >= 11 is 0. The van der Waals surface area contributed by atoms with Crippen LogP contribution in [0, 0.1) is 17.3 Å². The largest absolute Gasteiger partial charge is 0.285 e. The van der Waals surface area contributed by atoms with Gasteiger partial charge in [0, 0.05) is 12.8 Å². The molecule has 0 spiro atoms. The van der Waals surface area contributed by atoms with Crippen LogP contribution in [0.5, 0.6) is 0 Å². The summed E-state index contributed by atoms with van der Waals surface area (Å²) in [7, 11) is 0. The molecular formula is C14H22O2. The van der Waals surface area contributed by atoms with Crippen LogP contribution >= 0.6 is 0 Å². The predicted molar refractivity (Wildman–Crippen MR) is 66.0 cm³/mol. The van der Waals surface area contributed by atoms with Crippen molar-refractivity contribution in [2.75, 3.05) is 0 Å². The first kappa shape index (κ1) is 14.9. The molecule has 0 atom stereocenters. The highest BCUT2D eigenvalue weighted by molar-refractivity contribution is 6.04. The van der Waals surface area contributed by atoms with Gasteiger partial charge >= 0.3 is 0 Å². The number of carbonyl (C=O) groups excluding carboxylic acids is 2. The molecule has 0 aromatic carbocycles. The number of Topliss-reactive ketones (excluding diaryl/α,β-unsaturated/α-hetero) is 2. The maximum atomic E-state index is 11.3. The van der Waals surface area contributed by atoms with Crippen LogP contribution in [0.4, 0.5) is 0 Å². The van der Waals surface area contributed by atoms with E-state index in [1.807, 2.05) is 6.92 Å². The van der Waals surface area contributed by atoms with E-state index >= 15 is 0 Å². The van der Waals surface area contributed by atoms with Crippen LogP contribution in [-0.4, -0.2) is 11.6 Å². The molecule has 16 heavy (non-hydrogen) atoms. The third kappa shape index (κ3) is 9.45. The van der Waals surface area contributed by atoms with E-state index in [1.54, 1.807) is 0 Å².